The summed E-state index contributed by atoms with van der Waals surface area (Å²) in [5.41, 5.74) is 0. The van der Waals surface area contributed by atoms with Gasteiger partial charge < -0.3 is 15.0 Å². The minimum atomic E-state index is 0.193. The number of likely N-dealkylation sites (tertiary alicyclic amines) is 1. The summed E-state index contributed by atoms with van der Waals surface area (Å²) in [6, 6.07) is 0.540. The minimum Gasteiger partial charge on any atom is -0.380 e. The van der Waals surface area contributed by atoms with Crippen molar-refractivity contribution >= 4 is 5.91 Å². The Morgan fingerprint density at radius 2 is 2.13 bits per heavy atom. The van der Waals surface area contributed by atoms with Crippen molar-refractivity contribution < 1.29 is 9.53 Å². The summed E-state index contributed by atoms with van der Waals surface area (Å²) < 4.78 is 5.17. The highest BCUT2D eigenvalue weighted by atomic mass is 16.5. The maximum atomic E-state index is 11.1. The van der Waals surface area contributed by atoms with E-state index in [1.807, 2.05) is 4.90 Å². The van der Waals surface area contributed by atoms with Crippen LogP contribution in [0.15, 0.2) is 0 Å². The van der Waals surface area contributed by atoms with Crippen LogP contribution in [0.5, 0.6) is 0 Å². The zero-order valence-corrected chi connectivity index (χ0v) is 9.95. The van der Waals surface area contributed by atoms with Gasteiger partial charge in [0.2, 0.25) is 5.91 Å². The number of carbonyl (C=O) groups excluding carboxylic acids is 1. The summed E-state index contributed by atoms with van der Waals surface area (Å²) in [6.45, 7) is 6.35. The molecule has 1 N–H and O–H groups in total. The van der Waals surface area contributed by atoms with E-state index in [0.29, 0.717) is 6.04 Å². The molecule has 1 fully saturated rings. The van der Waals surface area contributed by atoms with E-state index >= 15 is 0 Å². The number of rotatable bonds is 4. The highest BCUT2D eigenvalue weighted by Gasteiger charge is 2.20. The van der Waals surface area contributed by atoms with Crippen molar-refractivity contribution in [2.45, 2.75) is 38.8 Å². The molecule has 0 aromatic carbocycles. The van der Waals surface area contributed by atoms with Crippen LogP contribution in [0.1, 0.15) is 26.7 Å². The first kappa shape index (κ1) is 12.5. The molecule has 1 aliphatic rings. The first-order valence-corrected chi connectivity index (χ1v) is 5.65. The molecule has 15 heavy (non-hydrogen) atoms. The fourth-order valence-corrected chi connectivity index (χ4v) is 1.81. The van der Waals surface area contributed by atoms with Gasteiger partial charge in [0, 0.05) is 39.7 Å². The molecule has 1 heterocycles. The summed E-state index contributed by atoms with van der Waals surface area (Å²) in [4.78, 5) is 13.0. The topological polar surface area (TPSA) is 41.6 Å². The SMILES string of the molecule is COC(C)CNC1CCN(C(C)=O)CC1. The van der Waals surface area contributed by atoms with E-state index in [2.05, 4.69) is 12.2 Å². The van der Waals surface area contributed by atoms with Gasteiger partial charge in [-0.3, -0.25) is 4.79 Å². The smallest absolute Gasteiger partial charge is 0.219 e. The molecule has 1 saturated heterocycles. The second-order valence-corrected chi connectivity index (χ2v) is 4.23. The number of nitrogens with zero attached hydrogens (tertiary/aromatic N) is 1. The normalized spacial score (nSPS) is 20.3. The number of amides is 1. The van der Waals surface area contributed by atoms with Crippen molar-refractivity contribution in [1.29, 1.82) is 0 Å². The number of carbonyl (C=O) groups is 1. The Morgan fingerprint density at radius 1 is 1.53 bits per heavy atom. The molecule has 1 aliphatic heterocycles. The van der Waals surface area contributed by atoms with Crippen molar-refractivity contribution in [3.05, 3.63) is 0 Å². The van der Waals surface area contributed by atoms with E-state index in [1.165, 1.54) is 0 Å². The third-order valence-corrected chi connectivity index (χ3v) is 3.04. The Kier molecular flexibility index (Phi) is 5.05. The Morgan fingerprint density at radius 3 is 2.60 bits per heavy atom. The third-order valence-electron chi connectivity index (χ3n) is 3.04. The van der Waals surface area contributed by atoms with Gasteiger partial charge in [0.1, 0.15) is 0 Å². The number of ether oxygens (including phenoxy) is 1. The molecular formula is C11H22N2O2. The second kappa shape index (κ2) is 6.08. The summed E-state index contributed by atoms with van der Waals surface area (Å²) in [5.74, 6) is 0.193. The molecule has 0 aromatic rings. The van der Waals surface area contributed by atoms with Gasteiger partial charge in [-0.25, -0.2) is 0 Å². The standard InChI is InChI=1S/C11H22N2O2/c1-9(15-3)8-12-11-4-6-13(7-5-11)10(2)14/h9,11-12H,4-8H2,1-3H3. The van der Waals surface area contributed by atoms with Crippen molar-refractivity contribution in [2.24, 2.45) is 0 Å². The minimum absolute atomic E-state index is 0.193. The lowest BCUT2D eigenvalue weighted by atomic mass is 10.0. The van der Waals surface area contributed by atoms with Crippen LogP contribution < -0.4 is 5.32 Å². The van der Waals surface area contributed by atoms with Gasteiger partial charge in [-0.05, 0) is 19.8 Å². The molecule has 1 rings (SSSR count). The number of piperidine rings is 1. The summed E-state index contributed by atoms with van der Waals surface area (Å²) in [5, 5.41) is 3.47. The largest absolute Gasteiger partial charge is 0.380 e. The predicted octanol–water partition coefficient (Wildman–Crippen LogP) is 0.622. The van der Waals surface area contributed by atoms with Crippen LogP contribution in [-0.2, 0) is 9.53 Å². The van der Waals surface area contributed by atoms with Crippen LogP contribution in [0.2, 0.25) is 0 Å². The van der Waals surface area contributed by atoms with Gasteiger partial charge >= 0.3 is 0 Å². The van der Waals surface area contributed by atoms with E-state index in [0.717, 1.165) is 32.5 Å². The van der Waals surface area contributed by atoms with Crippen molar-refractivity contribution in [2.75, 3.05) is 26.7 Å². The highest BCUT2D eigenvalue weighted by Crippen LogP contribution is 2.10. The first-order valence-electron chi connectivity index (χ1n) is 5.65. The number of methoxy groups -OCH3 is 1. The maximum absolute atomic E-state index is 11.1. The lowest BCUT2D eigenvalue weighted by Gasteiger charge is -2.32. The average Bonchev–Trinajstić information content (AvgIpc) is 2.26. The van der Waals surface area contributed by atoms with E-state index in [4.69, 9.17) is 4.74 Å². The molecule has 4 nitrogen and oxygen atoms in total. The van der Waals surface area contributed by atoms with Crippen LogP contribution in [-0.4, -0.2) is 49.7 Å². The Hall–Kier alpha value is -0.610. The zero-order valence-electron chi connectivity index (χ0n) is 9.95. The Balaban J connectivity index is 2.17. The van der Waals surface area contributed by atoms with Crippen LogP contribution >= 0.6 is 0 Å². The molecule has 88 valence electrons. The molecule has 0 saturated carbocycles. The predicted molar refractivity (Wildman–Crippen MR) is 59.7 cm³/mol. The molecule has 4 heteroatoms. The average molecular weight is 214 g/mol. The molecular weight excluding hydrogens is 192 g/mol. The summed E-state index contributed by atoms with van der Waals surface area (Å²) in [6.07, 6.45) is 2.36. The van der Waals surface area contributed by atoms with Crippen LogP contribution in [0, 0.1) is 0 Å². The van der Waals surface area contributed by atoms with Gasteiger partial charge in [0.15, 0.2) is 0 Å². The molecule has 1 unspecified atom stereocenters. The first-order chi connectivity index (χ1) is 7.13. The van der Waals surface area contributed by atoms with Gasteiger partial charge in [-0.15, -0.1) is 0 Å². The molecule has 1 amide bonds. The van der Waals surface area contributed by atoms with Crippen LogP contribution in [0.3, 0.4) is 0 Å². The maximum Gasteiger partial charge on any atom is 0.219 e. The fraction of sp³-hybridized carbons (Fsp3) is 0.909. The number of nitrogens with one attached hydrogen (secondary N) is 1. The van der Waals surface area contributed by atoms with E-state index in [9.17, 15) is 4.79 Å². The molecule has 0 aromatic heterocycles. The lowest BCUT2D eigenvalue weighted by Crippen LogP contribution is -2.45. The van der Waals surface area contributed by atoms with Crippen molar-refractivity contribution in [3.8, 4) is 0 Å². The second-order valence-electron chi connectivity index (χ2n) is 4.23. The van der Waals surface area contributed by atoms with Crippen LogP contribution in [0.4, 0.5) is 0 Å². The monoisotopic (exact) mass is 214 g/mol. The Labute approximate surface area is 92.0 Å². The van der Waals surface area contributed by atoms with E-state index < -0.39 is 0 Å². The summed E-state index contributed by atoms with van der Waals surface area (Å²) >= 11 is 0. The molecule has 0 radical (unpaired) electrons. The van der Waals surface area contributed by atoms with E-state index in [-0.39, 0.29) is 12.0 Å². The summed E-state index contributed by atoms with van der Waals surface area (Å²) in [7, 11) is 1.73. The zero-order chi connectivity index (χ0) is 11.3. The van der Waals surface area contributed by atoms with Crippen LogP contribution in [0.25, 0.3) is 0 Å². The number of hydrogen-bond donors (Lipinski definition) is 1. The van der Waals surface area contributed by atoms with Gasteiger partial charge in [-0.2, -0.15) is 0 Å². The fourth-order valence-electron chi connectivity index (χ4n) is 1.81. The van der Waals surface area contributed by atoms with Gasteiger partial charge in [-0.1, -0.05) is 0 Å². The van der Waals surface area contributed by atoms with Crippen molar-refractivity contribution in [1.82, 2.24) is 10.2 Å². The number of hydrogen-bond acceptors (Lipinski definition) is 3. The quantitative estimate of drug-likeness (QED) is 0.746. The van der Waals surface area contributed by atoms with Gasteiger partial charge in [0.25, 0.3) is 0 Å². The molecule has 0 spiro atoms. The third kappa shape index (κ3) is 4.18. The van der Waals surface area contributed by atoms with E-state index in [1.54, 1.807) is 14.0 Å². The molecule has 0 aliphatic carbocycles. The van der Waals surface area contributed by atoms with Crippen molar-refractivity contribution in [3.63, 3.8) is 0 Å². The van der Waals surface area contributed by atoms with Gasteiger partial charge in [0.05, 0.1) is 6.10 Å². The molecule has 0 bridgehead atoms. The lowest BCUT2D eigenvalue weighted by molar-refractivity contribution is -0.129. The molecule has 1 atom stereocenters. The Bertz CT molecular complexity index is 201. The highest BCUT2D eigenvalue weighted by molar-refractivity contribution is 5.73.